The summed E-state index contributed by atoms with van der Waals surface area (Å²) >= 11 is 0. The van der Waals surface area contributed by atoms with Crippen molar-refractivity contribution in [3.8, 4) is 11.5 Å². The van der Waals surface area contributed by atoms with Crippen LogP contribution in [0.3, 0.4) is 0 Å². The van der Waals surface area contributed by atoms with Crippen molar-refractivity contribution >= 4 is 11.6 Å². The van der Waals surface area contributed by atoms with Crippen LogP contribution in [0.25, 0.3) is 0 Å². The second-order valence-electron chi connectivity index (χ2n) is 6.75. The first-order valence-corrected chi connectivity index (χ1v) is 9.41. The van der Waals surface area contributed by atoms with Gasteiger partial charge >= 0.3 is 0 Å². The van der Waals surface area contributed by atoms with Crippen LogP contribution in [-0.4, -0.2) is 28.8 Å². The van der Waals surface area contributed by atoms with Gasteiger partial charge < -0.3 is 9.84 Å². The fourth-order valence-electron chi connectivity index (χ4n) is 3.51. The van der Waals surface area contributed by atoms with Gasteiger partial charge in [-0.05, 0) is 48.7 Å². The number of benzene rings is 2. The van der Waals surface area contributed by atoms with E-state index in [4.69, 9.17) is 4.74 Å². The third-order valence-electron chi connectivity index (χ3n) is 5.19. The van der Waals surface area contributed by atoms with Crippen molar-refractivity contribution in [2.45, 2.75) is 39.2 Å². The van der Waals surface area contributed by atoms with Crippen molar-refractivity contribution in [2.75, 3.05) is 7.11 Å². The van der Waals surface area contributed by atoms with Crippen molar-refractivity contribution in [1.29, 1.82) is 0 Å². The fourth-order valence-corrected chi connectivity index (χ4v) is 3.51. The summed E-state index contributed by atoms with van der Waals surface area (Å²) in [5.41, 5.74) is 2.52. The molecule has 1 N–H and O–H groups in total. The maximum atomic E-state index is 13.1. The van der Waals surface area contributed by atoms with Crippen molar-refractivity contribution in [1.82, 2.24) is 5.01 Å². The molecule has 0 bridgehead atoms. The van der Waals surface area contributed by atoms with Crippen LogP contribution in [0.4, 0.5) is 0 Å². The van der Waals surface area contributed by atoms with Gasteiger partial charge in [0.15, 0.2) is 0 Å². The van der Waals surface area contributed by atoms with Gasteiger partial charge in [-0.2, -0.15) is 5.10 Å². The molecule has 0 saturated carbocycles. The van der Waals surface area contributed by atoms with Crippen molar-refractivity contribution in [3.05, 3.63) is 59.7 Å². The summed E-state index contributed by atoms with van der Waals surface area (Å²) in [6.07, 6.45) is 2.11. The van der Waals surface area contributed by atoms with Crippen LogP contribution in [0.15, 0.2) is 53.6 Å². The third-order valence-corrected chi connectivity index (χ3v) is 5.19. The van der Waals surface area contributed by atoms with Crippen LogP contribution in [0.5, 0.6) is 11.5 Å². The van der Waals surface area contributed by atoms with Crippen LogP contribution in [0.1, 0.15) is 50.3 Å². The minimum Gasteiger partial charge on any atom is -0.508 e. The summed E-state index contributed by atoms with van der Waals surface area (Å²) in [6, 6.07) is 14.6. The number of amides is 1. The predicted molar refractivity (Wildman–Crippen MR) is 106 cm³/mol. The number of hydrogen-bond acceptors (Lipinski definition) is 4. The van der Waals surface area contributed by atoms with Crippen LogP contribution in [0, 0.1) is 5.92 Å². The van der Waals surface area contributed by atoms with E-state index < -0.39 is 0 Å². The lowest BCUT2D eigenvalue weighted by Gasteiger charge is -2.26. The van der Waals surface area contributed by atoms with Crippen molar-refractivity contribution in [2.24, 2.45) is 11.0 Å². The summed E-state index contributed by atoms with van der Waals surface area (Å²) in [5, 5.41) is 16.6. The van der Waals surface area contributed by atoms with E-state index in [-0.39, 0.29) is 23.6 Å². The molecular formula is C22H26N2O3. The van der Waals surface area contributed by atoms with E-state index in [0.29, 0.717) is 6.42 Å². The number of ether oxygens (including phenoxy) is 1. The Hall–Kier alpha value is -2.82. The monoisotopic (exact) mass is 366 g/mol. The molecule has 5 nitrogen and oxygen atoms in total. The first-order valence-electron chi connectivity index (χ1n) is 9.41. The zero-order valence-electron chi connectivity index (χ0n) is 16.1. The average molecular weight is 366 g/mol. The number of carbonyl (C=O) groups excluding carboxylic acids is 1. The van der Waals surface area contributed by atoms with E-state index in [1.54, 1.807) is 24.3 Å². The third kappa shape index (κ3) is 3.82. The van der Waals surface area contributed by atoms with Gasteiger partial charge in [0, 0.05) is 17.9 Å². The molecule has 1 amide bonds. The molecule has 3 rings (SSSR count). The number of hydrogen-bond donors (Lipinski definition) is 1. The van der Waals surface area contributed by atoms with Gasteiger partial charge in [0.1, 0.15) is 11.5 Å². The van der Waals surface area contributed by atoms with E-state index in [2.05, 4.69) is 5.10 Å². The standard InChI is InChI=1S/C22H26N2O3/c1-4-15(5-2)22(26)24-20(18-8-6-7-9-21(18)25)14-19(23-24)16-10-12-17(27-3)13-11-16/h6-13,15,20,25H,4-5,14H2,1-3H3/t20-/m0/s1. The molecule has 1 aliphatic heterocycles. The molecule has 2 aromatic rings. The Bertz CT molecular complexity index is 826. The van der Waals surface area contributed by atoms with Crippen LogP contribution in [-0.2, 0) is 4.79 Å². The van der Waals surface area contributed by atoms with Gasteiger partial charge in [-0.15, -0.1) is 0 Å². The number of methoxy groups -OCH3 is 1. The maximum Gasteiger partial charge on any atom is 0.246 e. The molecule has 2 aromatic carbocycles. The lowest BCUT2D eigenvalue weighted by molar-refractivity contribution is -0.137. The molecule has 5 heteroatoms. The van der Waals surface area contributed by atoms with E-state index in [0.717, 1.165) is 35.4 Å². The maximum absolute atomic E-state index is 13.1. The second-order valence-corrected chi connectivity index (χ2v) is 6.75. The van der Waals surface area contributed by atoms with E-state index in [1.807, 2.05) is 50.2 Å². The van der Waals surface area contributed by atoms with Gasteiger partial charge in [-0.1, -0.05) is 32.0 Å². The highest BCUT2D eigenvalue weighted by molar-refractivity contribution is 6.03. The number of aromatic hydroxyl groups is 1. The molecular weight excluding hydrogens is 340 g/mol. The van der Waals surface area contributed by atoms with Gasteiger partial charge in [0.05, 0.1) is 18.9 Å². The lowest BCUT2D eigenvalue weighted by atomic mass is 9.96. The average Bonchev–Trinajstić information content (AvgIpc) is 3.14. The molecule has 0 unspecified atom stereocenters. The molecule has 1 atom stereocenters. The Balaban J connectivity index is 1.98. The number of nitrogens with zero attached hydrogens (tertiary/aromatic N) is 2. The summed E-state index contributed by atoms with van der Waals surface area (Å²) in [7, 11) is 1.63. The molecule has 1 heterocycles. The number of rotatable bonds is 6. The minimum atomic E-state index is -0.295. The molecule has 0 spiro atoms. The highest BCUT2D eigenvalue weighted by Gasteiger charge is 2.36. The molecule has 27 heavy (non-hydrogen) atoms. The zero-order chi connectivity index (χ0) is 19.4. The quantitative estimate of drug-likeness (QED) is 0.818. The summed E-state index contributed by atoms with van der Waals surface area (Å²) in [4.78, 5) is 13.1. The molecule has 1 aliphatic rings. The van der Waals surface area contributed by atoms with E-state index in [1.165, 1.54) is 0 Å². The summed E-state index contributed by atoms with van der Waals surface area (Å²) < 4.78 is 5.22. The predicted octanol–water partition coefficient (Wildman–Crippen LogP) is 4.51. The van der Waals surface area contributed by atoms with Crippen LogP contribution in [0.2, 0.25) is 0 Å². The number of phenolic OH excluding ortho intramolecular Hbond substituents is 1. The van der Waals surface area contributed by atoms with E-state index >= 15 is 0 Å². The highest BCUT2D eigenvalue weighted by Crippen LogP contribution is 2.38. The first kappa shape index (κ1) is 19.0. The number of para-hydroxylation sites is 1. The molecule has 0 saturated heterocycles. The number of phenols is 1. The van der Waals surface area contributed by atoms with E-state index in [9.17, 15) is 9.90 Å². The Morgan fingerprint density at radius 2 is 1.85 bits per heavy atom. The molecule has 0 radical (unpaired) electrons. The van der Waals surface area contributed by atoms with Crippen molar-refractivity contribution < 1.29 is 14.6 Å². The molecule has 0 fully saturated rings. The second kappa shape index (κ2) is 8.25. The molecule has 142 valence electrons. The summed E-state index contributed by atoms with van der Waals surface area (Å²) in [5.74, 6) is 0.907. The highest BCUT2D eigenvalue weighted by atomic mass is 16.5. The topological polar surface area (TPSA) is 62.1 Å². The minimum absolute atomic E-state index is 0.0109. The smallest absolute Gasteiger partial charge is 0.246 e. The first-order chi connectivity index (χ1) is 13.1. The van der Waals surface area contributed by atoms with Gasteiger partial charge in [0.2, 0.25) is 5.91 Å². The van der Waals surface area contributed by atoms with Crippen molar-refractivity contribution in [3.63, 3.8) is 0 Å². The SMILES string of the molecule is CCC(CC)C(=O)N1N=C(c2ccc(OC)cc2)C[C@H]1c1ccccc1O. The Kier molecular flexibility index (Phi) is 5.79. The zero-order valence-corrected chi connectivity index (χ0v) is 16.1. The number of carbonyl (C=O) groups is 1. The Morgan fingerprint density at radius 1 is 1.19 bits per heavy atom. The summed E-state index contributed by atoms with van der Waals surface area (Å²) in [6.45, 7) is 4.04. The number of hydrazone groups is 1. The van der Waals surface area contributed by atoms with Gasteiger partial charge in [-0.3, -0.25) is 4.79 Å². The lowest BCUT2D eigenvalue weighted by Crippen LogP contribution is -2.32. The Morgan fingerprint density at radius 3 is 2.44 bits per heavy atom. The van der Waals surface area contributed by atoms with Gasteiger partial charge in [-0.25, -0.2) is 5.01 Å². The fraction of sp³-hybridized carbons (Fsp3) is 0.364. The molecule has 0 aromatic heterocycles. The molecule has 0 aliphatic carbocycles. The largest absolute Gasteiger partial charge is 0.508 e. The van der Waals surface area contributed by atoms with Crippen LogP contribution >= 0.6 is 0 Å². The normalized spacial score (nSPS) is 16.5. The Labute approximate surface area is 160 Å². The van der Waals surface area contributed by atoms with Gasteiger partial charge in [0.25, 0.3) is 0 Å². The van der Waals surface area contributed by atoms with Crippen LogP contribution < -0.4 is 4.74 Å².